The molecule has 0 saturated carbocycles. The Morgan fingerprint density at radius 1 is 1.42 bits per heavy atom. The number of aromatic nitrogens is 1. The van der Waals surface area contributed by atoms with Crippen molar-refractivity contribution in [2.45, 2.75) is 26.2 Å². The summed E-state index contributed by atoms with van der Waals surface area (Å²) >= 11 is 7.74. The second kappa shape index (κ2) is 6.62. The van der Waals surface area contributed by atoms with E-state index in [-0.39, 0.29) is 11.3 Å². The summed E-state index contributed by atoms with van der Waals surface area (Å²) in [5, 5.41) is 0.369. The Balaban J connectivity index is 3.00. The van der Waals surface area contributed by atoms with Gasteiger partial charge in [0.05, 0.1) is 0 Å². The zero-order valence-corrected chi connectivity index (χ0v) is 13.7. The molecule has 0 aromatic carbocycles. The van der Waals surface area contributed by atoms with E-state index in [1.807, 2.05) is 19.4 Å². The molecule has 0 spiro atoms. The number of pyridine rings is 1. The third-order valence-electron chi connectivity index (χ3n) is 2.79. The lowest BCUT2D eigenvalue weighted by Gasteiger charge is -2.21. The highest BCUT2D eigenvalue weighted by atomic mass is 35.5. The molecule has 0 aliphatic rings. The van der Waals surface area contributed by atoms with Crippen molar-refractivity contribution in [2.75, 3.05) is 25.6 Å². The van der Waals surface area contributed by atoms with Crippen molar-refractivity contribution in [1.29, 1.82) is 0 Å². The van der Waals surface area contributed by atoms with Crippen LogP contribution >= 0.6 is 23.4 Å². The van der Waals surface area contributed by atoms with Crippen LogP contribution in [0.15, 0.2) is 12.1 Å². The molecule has 0 unspecified atom stereocenters. The number of amides is 1. The van der Waals surface area contributed by atoms with Crippen molar-refractivity contribution in [3.05, 3.63) is 28.5 Å². The van der Waals surface area contributed by atoms with E-state index in [9.17, 15) is 4.79 Å². The maximum Gasteiger partial charge on any atom is 0.253 e. The molecule has 0 fully saturated rings. The molecule has 0 bridgehead atoms. The highest BCUT2D eigenvalue weighted by Crippen LogP contribution is 2.23. The normalized spacial score (nSPS) is 11.5. The minimum absolute atomic E-state index is 0.0103. The zero-order valence-electron chi connectivity index (χ0n) is 12.2. The van der Waals surface area contributed by atoms with Gasteiger partial charge >= 0.3 is 0 Å². The highest BCUT2D eigenvalue weighted by molar-refractivity contribution is 7.98. The minimum atomic E-state index is -0.127. The fourth-order valence-corrected chi connectivity index (χ4v) is 2.22. The first-order chi connectivity index (χ1) is 8.75. The zero-order chi connectivity index (χ0) is 14.6. The lowest BCUT2D eigenvalue weighted by molar-refractivity contribution is 0.0803. The molecule has 0 aliphatic carbocycles. The molecule has 19 heavy (non-hydrogen) atoms. The smallest absolute Gasteiger partial charge is 0.253 e. The van der Waals surface area contributed by atoms with Gasteiger partial charge in [-0.2, -0.15) is 11.8 Å². The maximum atomic E-state index is 12.3. The van der Waals surface area contributed by atoms with Crippen molar-refractivity contribution >= 4 is 29.3 Å². The van der Waals surface area contributed by atoms with E-state index in [0.717, 1.165) is 18.0 Å². The van der Waals surface area contributed by atoms with Crippen LogP contribution in [0.25, 0.3) is 0 Å². The van der Waals surface area contributed by atoms with Gasteiger partial charge in [0.25, 0.3) is 5.91 Å². The van der Waals surface area contributed by atoms with Gasteiger partial charge in [-0.25, -0.2) is 4.98 Å². The van der Waals surface area contributed by atoms with Gasteiger partial charge in [0.2, 0.25) is 0 Å². The Morgan fingerprint density at radius 3 is 2.58 bits per heavy atom. The Bertz CT molecular complexity index is 457. The van der Waals surface area contributed by atoms with Gasteiger partial charge in [-0.1, -0.05) is 32.4 Å². The Kier molecular flexibility index (Phi) is 5.68. The molecular weight excluding hydrogens is 280 g/mol. The molecule has 0 saturated heterocycles. The summed E-state index contributed by atoms with van der Waals surface area (Å²) in [6.45, 7) is 6.89. The molecular formula is C14H21ClN2OS. The first-order valence-corrected chi connectivity index (χ1v) is 7.95. The SMILES string of the molecule is CSCCN(C)C(=O)c1cc(Cl)nc(C(C)(C)C)c1. The van der Waals surface area contributed by atoms with E-state index in [0.29, 0.717) is 10.7 Å². The number of halogens is 1. The molecule has 0 atom stereocenters. The van der Waals surface area contributed by atoms with Crippen molar-refractivity contribution < 1.29 is 4.79 Å². The van der Waals surface area contributed by atoms with E-state index >= 15 is 0 Å². The molecule has 1 aromatic heterocycles. The van der Waals surface area contributed by atoms with E-state index in [1.54, 1.807) is 22.7 Å². The van der Waals surface area contributed by atoms with E-state index in [2.05, 4.69) is 25.8 Å². The van der Waals surface area contributed by atoms with E-state index < -0.39 is 0 Å². The largest absolute Gasteiger partial charge is 0.341 e. The summed E-state index contributed by atoms with van der Waals surface area (Å²) in [5.74, 6) is 0.913. The van der Waals surface area contributed by atoms with Crippen molar-refractivity contribution in [3.8, 4) is 0 Å². The average molecular weight is 301 g/mol. The van der Waals surface area contributed by atoms with Crippen LogP contribution in [0.1, 0.15) is 36.8 Å². The fourth-order valence-electron chi connectivity index (χ4n) is 1.55. The molecule has 1 amide bonds. The first-order valence-electron chi connectivity index (χ1n) is 6.18. The predicted octanol–water partition coefficient (Wildman–Crippen LogP) is 3.47. The molecule has 1 rings (SSSR count). The van der Waals surface area contributed by atoms with Gasteiger partial charge in [0.1, 0.15) is 5.15 Å². The van der Waals surface area contributed by atoms with Crippen LogP contribution in [0.2, 0.25) is 5.15 Å². The number of hydrogen-bond donors (Lipinski definition) is 0. The van der Waals surface area contributed by atoms with Gasteiger partial charge in [-0.3, -0.25) is 4.79 Å². The lowest BCUT2D eigenvalue weighted by atomic mass is 9.91. The third kappa shape index (κ3) is 4.69. The van der Waals surface area contributed by atoms with Crippen LogP contribution in [0.3, 0.4) is 0 Å². The van der Waals surface area contributed by atoms with Gasteiger partial charge in [-0.05, 0) is 18.4 Å². The van der Waals surface area contributed by atoms with Crippen LogP contribution in [-0.4, -0.2) is 41.4 Å². The predicted molar refractivity (Wildman–Crippen MR) is 83.3 cm³/mol. The molecule has 0 N–H and O–H groups in total. The van der Waals surface area contributed by atoms with Crippen LogP contribution in [0.4, 0.5) is 0 Å². The molecule has 0 radical (unpaired) electrons. The average Bonchev–Trinajstić information content (AvgIpc) is 2.33. The summed E-state index contributed by atoms with van der Waals surface area (Å²) in [5.41, 5.74) is 1.31. The maximum absolute atomic E-state index is 12.3. The van der Waals surface area contributed by atoms with E-state index in [1.165, 1.54) is 0 Å². The number of carbonyl (C=O) groups excluding carboxylic acids is 1. The number of rotatable bonds is 4. The number of carbonyl (C=O) groups is 1. The fraction of sp³-hybridized carbons (Fsp3) is 0.571. The van der Waals surface area contributed by atoms with Crippen molar-refractivity contribution in [3.63, 3.8) is 0 Å². The monoisotopic (exact) mass is 300 g/mol. The summed E-state index contributed by atoms with van der Waals surface area (Å²) in [4.78, 5) is 18.3. The van der Waals surface area contributed by atoms with Crippen LogP contribution in [0, 0.1) is 0 Å². The summed E-state index contributed by atoms with van der Waals surface area (Å²) in [7, 11) is 1.81. The molecule has 1 aromatic rings. The molecule has 106 valence electrons. The molecule has 0 aliphatic heterocycles. The van der Waals surface area contributed by atoms with E-state index in [4.69, 9.17) is 11.6 Å². The quantitative estimate of drug-likeness (QED) is 0.798. The Hall–Kier alpha value is -0.740. The second-order valence-corrected chi connectivity index (χ2v) is 6.91. The third-order valence-corrected chi connectivity index (χ3v) is 3.57. The number of thioether (sulfide) groups is 1. The van der Waals surface area contributed by atoms with Gasteiger partial charge in [-0.15, -0.1) is 0 Å². The second-order valence-electron chi connectivity index (χ2n) is 5.53. The number of hydrogen-bond acceptors (Lipinski definition) is 3. The van der Waals surface area contributed by atoms with Crippen LogP contribution < -0.4 is 0 Å². The van der Waals surface area contributed by atoms with Gasteiger partial charge in [0.15, 0.2) is 0 Å². The molecule has 5 heteroatoms. The molecule has 1 heterocycles. The Labute approximate surface area is 124 Å². The lowest BCUT2D eigenvalue weighted by Crippen LogP contribution is -2.29. The molecule has 3 nitrogen and oxygen atoms in total. The summed E-state index contributed by atoms with van der Waals surface area (Å²) in [6, 6.07) is 3.47. The first kappa shape index (κ1) is 16.3. The summed E-state index contributed by atoms with van der Waals surface area (Å²) < 4.78 is 0. The minimum Gasteiger partial charge on any atom is -0.341 e. The highest BCUT2D eigenvalue weighted by Gasteiger charge is 2.20. The number of nitrogens with zero attached hydrogens (tertiary/aromatic N) is 2. The summed E-state index contributed by atoms with van der Waals surface area (Å²) in [6.07, 6.45) is 2.03. The van der Waals surface area contributed by atoms with Crippen molar-refractivity contribution in [1.82, 2.24) is 9.88 Å². The van der Waals surface area contributed by atoms with Gasteiger partial charge < -0.3 is 4.90 Å². The Morgan fingerprint density at radius 2 is 2.05 bits per heavy atom. The van der Waals surface area contributed by atoms with Crippen LogP contribution in [-0.2, 0) is 5.41 Å². The topological polar surface area (TPSA) is 33.2 Å². The standard InChI is InChI=1S/C14H21ClN2OS/c1-14(2,3)11-8-10(9-12(15)16-11)13(18)17(4)6-7-19-5/h8-9H,6-7H2,1-5H3. The van der Waals surface area contributed by atoms with Gasteiger partial charge in [0, 0.05) is 36.0 Å². The van der Waals surface area contributed by atoms with Crippen LogP contribution in [0.5, 0.6) is 0 Å². The van der Waals surface area contributed by atoms with Crippen molar-refractivity contribution in [2.24, 2.45) is 0 Å².